The lowest BCUT2D eigenvalue weighted by atomic mass is 10.1. The second-order valence-corrected chi connectivity index (χ2v) is 5.44. The number of nitrogens with zero attached hydrogens (tertiary/aromatic N) is 3. The molecule has 4 heteroatoms. The van der Waals surface area contributed by atoms with Crippen LogP contribution in [0.3, 0.4) is 0 Å². The number of anilines is 1. The molecule has 4 nitrogen and oxygen atoms in total. The molecule has 0 saturated carbocycles. The van der Waals surface area contributed by atoms with Gasteiger partial charge in [-0.25, -0.2) is 0 Å². The molecule has 0 spiro atoms. The molecule has 1 N–H and O–H groups in total. The Morgan fingerprint density at radius 1 is 1.53 bits per heavy atom. The van der Waals surface area contributed by atoms with Crippen molar-refractivity contribution < 1.29 is 0 Å². The normalized spacial score (nSPS) is 19.8. The van der Waals surface area contributed by atoms with E-state index in [1.54, 1.807) is 0 Å². The van der Waals surface area contributed by atoms with E-state index in [0.29, 0.717) is 6.04 Å². The molecular weight excluding hydrogens is 236 g/mol. The first-order valence-corrected chi connectivity index (χ1v) is 7.27. The number of hydrogen-bond acceptors (Lipinski definition) is 4. The molecule has 0 aromatic carbocycles. The van der Waals surface area contributed by atoms with Crippen molar-refractivity contribution in [2.75, 3.05) is 38.6 Å². The van der Waals surface area contributed by atoms with Gasteiger partial charge in [-0.3, -0.25) is 4.98 Å². The summed E-state index contributed by atoms with van der Waals surface area (Å²) in [5, 5.41) is 3.40. The van der Waals surface area contributed by atoms with Crippen molar-refractivity contribution in [2.24, 2.45) is 0 Å². The number of likely N-dealkylation sites (tertiary alicyclic amines) is 1. The standard InChI is InChI=1S/C15H26N4/c1-4-16-10-13-7-8-17-11-15(13)19(3)12-14-6-5-9-18(14)2/h7-8,11,14,16H,4-6,9-10,12H2,1-3H3. The molecule has 1 aromatic rings. The average Bonchev–Trinajstić information content (AvgIpc) is 2.82. The third kappa shape index (κ3) is 3.67. The maximum atomic E-state index is 4.29. The van der Waals surface area contributed by atoms with Crippen LogP contribution in [-0.2, 0) is 6.54 Å². The van der Waals surface area contributed by atoms with E-state index in [1.165, 1.54) is 30.6 Å². The minimum Gasteiger partial charge on any atom is -0.372 e. The Labute approximate surface area is 116 Å². The zero-order chi connectivity index (χ0) is 13.7. The molecule has 1 atom stereocenters. The van der Waals surface area contributed by atoms with Crippen LogP contribution < -0.4 is 10.2 Å². The number of nitrogens with one attached hydrogen (secondary N) is 1. The van der Waals surface area contributed by atoms with Gasteiger partial charge in [0, 0.05) is 32.4 Å². The zero-order valence-corrected chi connectivity index (χ0v) is 12.4. The number of likely N-dealkylation sites (N-methyl/N-ethyl adjacent to an activating group) is 2. The lowest BCUT2D eigenvalue weighted by molar-refractivity contribution is 0.314. The maximum absolute atomic E-state index is 4.29. The Bertz CT molecular complexity index is 393. The van der Waals surface area contributed by atoms with Crippen molar-refractivity contribution in [3.63, 3.8) is 0 Å². The number of hydrogen-bond donors (Lipinski definition) is 1. The largest absolute Gasteiger partial charge is 0.372 e. The number of rotatable bonds is 6. The van der Waals surface area contributed by atoms with Crippen LogP contribution in [0.5, 0.6) is 0 Å². The average molecular weight is 262 g/mol. The molecule has 0 aliphatic carbocycles. The highest BCUT2D eigenvalue weighted by Gasteiger charge is 2.22. The molecule has 106 valence electrons. The van der Waals surface area contributed by atoms with Crippen LogP contribution in [0.25, 0.3) is 0 Å². The quantitative estimate of drug-likeness (QED) is 0.846. The van der Waals surface area contributed by atoms with Crippen molar-refractivity contribution in [3.05, 3.63) is 24.0 Å². The molecule has 19 heavy (non-hydrogen) atoms. The van der Waals surface area contributed by atoms with Gasteiger partial charge in [0.25, 0.3) is 0 Å². The number of aromatic nitrogens is 1. The summed E-state index contributed by atoms with van der Waals surface area (Å²) in [6, 6.07) is 2.80. The Balaban J connectivity index is 2.03. The van der Waals surface area contributed by atoms with Gasteiger partial charge in [-0.2, -0.15) is 0 Å². The van der Waals surface area contributed by atoms with Gasteiger partial charge < -0.3 is 15.1 Å². The van der Waals surface area contributed by atoms with Crippen molar-refractivity contribution in [1.82, 2.24) is 15.2 Å². The van der Waals surface area contributed by atoms with Crippen LogP contribution in [0, 0.1) is 0 Å². The van der Waals surface area contributed by atoms with Gasteiger partial charge in [0.1, 0.15) is 0 Å². The van der Waals surface area contributed by atoms with E-state index in [9.17, 15) is 0 Å². The van der Waals surface area contributed by atoms with Gasteiger partial charge in [-0.05, 0) is 44.6 Å². The van der Waals surface area contributed by atoms with Crippen LogP contribution in [0.2, 0.25) is 0 Å². The molecular formula is C15H26N4. The molecule has 2 heterocycles. The minimum absolute atomic E-state index is 0.678. The van der Waals surface area contributed by atoms with E-state index in [-0.39, 0.29) is 0 Å². The predicted octanol–water partition coefficient (Wildman–Crippen LogP) is 1.72. The smallest absolute Gasteiger partial charge is 0.0596 e. The first-order chi connectivity index (χ1) is 9.22. The number of pyridine rings is 1. The van der Waals surface area contributed by atoms with E-state index in [2.05, 4.69) is 47.2 Å². The van der Waals surface area contributed by atoms with Gasteiger partial charge in [0.2, 0.25) is 0 Å². The molecule has 1 fully saturated rings. The van der Waals surface area contributed by atoms with Crippen LogP contribution in [0.4, 0.5) is 5.69 Å². The second kappa shape index (κ2) is 6.87. The summed E-state index contributed by atoms with van der Waals surface area (Å²) in [6.07, 6.45) is 6.50. The SMILES string of the molecule is CCNCc1ccncc1N(C)CC1CCCN1C. The predicted molar refractivity (Wildman–Crippen MR) is 80.5 cm³/mol. The summed E-state index contributed by atoms with van der Waals surface area (Å²) < 4.78 is 0. The Hall–Kier alpha value is -1.13. The van der Waals surface area contributed by atoms with E-state index in [0.717, 1.165) is 19.6 Å². The summed E-state index contributed by atoms with van der Waals surface area (Å²) in [7, 11) is 4.41. The molecule has 0 amide bonds. The highest BCUT2D eigenvalue weighted by atomic mass is 15.2. The molecule has 1 aliphatic rings. The van der Waals surface area contributed by atoms with Gasteiger partial charge >= 0.3 is 0 Å². The fourth-order valence-electron chi connectivity index (χ4n) is 2.79. The topological polar surface area (TPSA) is 31.4 Å². The Morgan fingerprint density at radius 2 is 2.37 bits per heavy atom. The van der Waals surface area contributed by atoms with Gasteiger partial charge in [0.05, 0.1) is 11.9 Å². The zero-order valence-electron chi connectivity index (χ0n) is 12.4. The first-order valence-electron chi connectivity index (χ1n) is 7.27. The van der Waals surface area contributed by atoms with Gasteiger partial charge in [-0.1, -0.05) is 6.92 Å². The van der Waals surface area contributed by atoms with Crippen LogP contribution in [0.1, 0.15) is 25.3 Å². The van der Waals surface area contributed by atoms with Crippen LogP contribution in [-0.4, -0.2) is 49.7 Å². The van der Waals surface area contributed by atoms with Crippen LogP contribution >= 0.6 is 0 Å². The van der Waals surface area contributed by atoms with Gasteiger partial charge in [-0.15, -0.1) is 0 Å². The molecule has 1 saturated heterocycles. The van der Waals surface area contributed by atoms with Crippen LogP contribution in [0.15, 0.2) is 18.5 Å². The monoisotopic (exact) mass is 262 g/mol. The third-order valence-corrected chi connectivity index (χ3v) is 4.02. The summed E-state index contributed by atoms with van der Waals surface area (Å²) in [6.45, 7) is 6.37. The molecule has 0 bridgehead atoms. The van der Waals surface area contributed by atoms with Gasteiger partial charge in [0.15, 0.2) is 0 Å². The Morgan fingerprint density at radius 3 is 3.05 bits per heavy atom. The maximum Gasteiger partial charge on any atom is 0.0596 e. The lowest BCUT2D eigenvalue weighted by Crippen LogP contribution is -2.37. The fraction of sp³-hybridized carbons (Fsp3) is 0.667. The highest BCUT2D eigenvalue weighted by molar-refractivity contribution is 5.51. The summed E-state index contributed by atoms with van der Waals surface area (Å²) in [5.74, 6) is 0. The Kier molecular flexibility index (Phi) is 5.16. The summed E-state index contributed by atoms with van der Waals surface area (Å²) in [5.41, 5.74) is 2.59. The highest BCUT2D eigenvalue weighted by Crippen LogP contribution is 2.21. The first kappa shape index (κ1) is 14.3. The van der Waals surface area contributed by atoms with Crippen molar-refractivity contribution in [2.45, 2.75) is 32.4 Å². The van der Waals surface area contributed by atoms with E-state index in [1.807, 2.05) is 12.4 Å². The summed E-state index contributed by atoms with van der Waals surface area (Å²) >= 11 is 0. The van der Waals surface area contributed by atoms with Crippen molar-refractivity contribution in [3.8, 4) is 0 Å². The van der Waals surface area contributed by atoms with Crippen molar-refractivity contribution >= 4 is 5.69 Å². The summed E-state index contributed by atoms with van der Waals surface area (Å²) in [4.78, 5) is 9.11. The fourth-order valence-corrected chi connectivity index (χ4v) is 2.79. The lowest BCUT2D eigenvalue weighted by Gasteiger charge is -2.28. The van der Waals surface area contributed by atoms with E-state index >= 15 is 0 Å². The van der Waals surface area contributed by atoms with E-state index < -0.39 is 0 Å². The molecule has 1 unspecified atom stereocenters. The molecule has 2 rings (SSSR count). The second-order valence-electron chi connectivity index (χ2n) is 5.44. The third-order valence-electron chi connectivity index (χ3n) is 4.02. The van der Waals surface area contributed by atoms with E-state index in [4.69, 9.17) is 0 Å². The van der Waals surface area contributed by atoms with Crippen molar-refractivity contribution in [1.29, 1.82) is 0 Å². The molecule has 1 aliphatic heterocycles. The molecule has 0 radical (unpaired) electrons. The minimum atomic E-state index is 0.678. The molecule has 1 aromatic heterocycles.